The lowest BCUT2D eigenvalue weighted by molar-refractivity contribution is 0.340. The molecule has 0 saturated carbocycles. The van der Waals surface area contributed by atoms with E-state index in [4.69, 9.17) is 13.6 Å². The van der Waals surface area contributed by atoms with Gasteiger partial charge in [0.15, 0.2) is 11.2 Å². The van der Waals surface area contributed by atoms with Gasteiger partial charge in [0.2, 0.25) is 5.75 Å². The van der Waals surface area contributed by atoms with E-state index in [1.165, 1.54) is 6.07 Å². The van der Waals surface area contributed by atoms with Gasteiger partial charge in [-0.2, -0.15) is 0 Å². The number of hydrogen-bond acceptors (Lipinski definition) is 4. The molecule has 3 aromatic rings. The largest absolute Gasteiger partial charge is 0.485 e. The molecule has 0 aliphatic heterocycles. The molecule has 92 valence electrons. The first-order valence-corrected chi connectivity index (χ1v) is 6.54. The summed E-state index contributed by atoms with van der Waals surface area (Å²) in [6.07, 6.45) is 1.59. The van der Waals surface area contributed by atoms with E-state index in [0.29, 0.717) is 28.9 Å². The number of ether oxygens (including phenoxy) is 1. The molecule has 2 heterocycles. The molecule has 0 unspecified atom stereocenters. The lowest BCUT2D eigenvalue weighted by Gasteiger charge is -2.07. The number of furan rings is 1. The number of rotatable bonds is 3. The van der Waals surface area contributed by atoms with E-state index in [1.807, 2.05) is 12.1 Å². The summed E-state index contributed by atoms with van der Waals surface area (Å²) < 4.78 is 16.2. The quantitative estimate of drug-likeness (QED) is 0.550. The molecule has 0 radical (unpaired) electrons. The zero-order valence-corrected chi connectivity index (χ0v) is 10.9. The van der Waals surface area contributed by atoms with Gasteiger partial charge in [-0.25, -0.2) is 4.79 Å². The summed E-state index contributed by atoms with van der Waals surface area (Å²) in [7, 11) is 0. The van der Waals surface area contributed by atoms with Crippen molar-refractivity contribution in [2.45, 2.75) is 0 Å². The fourth-order valence-electron chi connectivity index (χ4n) is 1.88. The Balaban J connectivity index is 2.36. The summed E-state index contributed by atoms with van der Waals surface area (Å²) in [5, 5.41) is 2.41. The summed E-state index contributed by atoms with van der Waals surface area (Å²) in [5.41, 5.74) is 0.612. The van der Waals surface area contributed by atoms with Gasteiger partial charge in [0.25, 0.3) is 0 Å². The monoisotopic (exact) mass is 308 g/mol. The molecule has 0 atom stereocenters. The maximum absolute atomic E-state index is 11.3. The number of benzene rings is 1. The van der Waals surface area contributed by atoms with Gasteiger partial charge in [0, 0.05) is 22.2 Å². The summed E-state index contributed by atoms with van der Waals surface area (Å²) in [6.45, 7) is 0.466. The van der Waals surface area contributed by atoms with Gasteiger partial charge in [-0.15, -0.1) is 0 Å². The Labute approximate surface area is 110 Å². The molecule has 0 aliphatic rings. The van der Waals surface area contributed by atoms with Gasteiger partial charge in [-0.3, -0.25) is 0 Å². The van der Waals surface area contributed by atoms with Gasteiger partial charge in [0.05, 0.1) is 12.9 Å². The highest BCUT2D eigenvalue weighted by Gasteiger charge is 2.14. The highest BCUT2D eigenvalue weighted by molar-refractivity contribution is 9.09. The van der Waals surface area contributed by atoms with Crippen molar-refractivity contribution in [1.29, 1.82) is 0 Å². The smallest absolute Gasteiger partial charge is 0.336 e. The van der Waals surface area contributed by atoms with Crippen LogP contribution in [-0.2, 0) is 0 Å². The fraction of sp³-hybridized carbons (Fsp3) is 0.154. The summed E-state index contributed by atoms with van der Waals surface area (Å²) >= 11 is 3.29. The van der Waals surface area contributed by atoms with Crippen molar-refractivity contribution in [2.24, 2.45) is 0 Å². The maximum Gasteiger partial charge on any atom is 0.336 e. The molecule has 4 nitrogen and oxygen atoms in total. The zero-order chi connectivity index (χ0) is 12.5. The van der Waals surface area contributed by atoms with E-state index in [9.17, 15) is 4.79 Å². The van der Waals surface area contributed by atoms with Crippen LogP contribution in [0.25, 0.3) is 21.9 Å². The summed E-state index contributed by atoms with van der Waals surface area (Å²) in [5.74, 6) is 0.477. The molecule has 0 fully saturated rings. The van der Waals surface area contributed by atoms with E-state index < -0.39 is 5.63 Å². The van der Waals surface area contributed by atoms with E-state index >= 15 is 0 Å². The molecule has 3 rings (SSSR count). The molecule has 0 bridgehead atoms. The van der Waals surface area contributed by atoms with Crippen LogP contribution in [0.5, 0.6) is 5.75 Å². The number of halogens is 1. The SMILES string of the molecule is O=c1ccc2cc3ccoc3c(OCCBr)c2o1. The average Bonchev–Trinajstić information content (AvgIpc) is 2.82. The lowest BCUT2D eigenvalue weighted by Crippen LogP contribution is -2.01. The lowest BCUT2D eigenvalue weighted by atomic mass is 10.1. The first kappa shape index (κ1) is 11.3. The minimum absolute atomic E-state index is 0.405. The van der Waals surface area contributed by atoms with Gasteiger partial charge >= 0.3 is 5.63 Å². The predicted octanol–water partition coefficient (Wildman–Crippen LogP) is 3.31. The second-order valence-electron chi connectivity index (χ2n) is 3.75. The van der Waals surface area contributed by atoms with Crippen LogP contribution in [0.4, 0.5) is 0 Å². The average molecular weight is 309 g/mol. The Morgan fingerprint density at radius 3 is 2.83 bits per heavy atom. The molecule has 0 spiro atoms. The van der Waals surface area contributed by atoms with Gasteiger partial charge in [0.1, 0.15) is 0 Å². The van der Waals surface area contributed by atoms with Crippen LogP contribution in [0.1, 0.15) is 0 Å². The minimum atomic E-state index is -0.405. The summed E-state index contributed by atoms with van der Waals surface area (Å²) in [6, 6.07) is 6.86. The molecule has 0 N–H and O–H groups in total. The van der Waals surface area contributed by atoms with E-state index in [0.717, 1.165) is 10.8 Å². The van der Waals surface area contributed by atoms with Gasteiger partial charge < -0.3 is 13.6 Å². The van der Waals surface area contributed by atoms with E-state index in [2.05, 4.69) is 15.9 Å². The third kappa shape index (κ3) is 1.80. The van der Waals surface area contributed by atoms with Crippen molar-refractivity contribution in [2.75, 3.05) is 11.9 Å². The molecule has 1 aromatic carbocycles. The van der Waals surface area contributed by atoms with E-state index in [-0.39, 0.29) is 0 Å². The van der Waals surface area contributed by atoms with Crippen LogP contribution < -0.4 is 10.4 Å². The molecule has 0 amide bonds. The van der Waals surface area contributed by atoms with Gasteiger partial charge in [-0.05, 0) is 18.2 Å². The normalized spacial score (nSPS) is 11.2. The number of alkyl halides is 1. The van der Waals surface area contributed by atoms with Crippen molar-refractivity contribution in [3.8, 4) is 5.75 Å². The number of fused-ring (bicyclic) bond motifs is 2. The van der Waals surface area contributed by atoms with Crippen LogP contribution in [0.15, 0.2) is 44.2 Å². The third-order valence-electron chi connectivity index (χ3n) is 2.61. The highest BCUT2D eigenvalue weighted by atomic mass is 79.9. The first-order chi connectivity index (χ1) is 8.79. The van der Waals surface area contributed by atoms with Crippen LogP contribution in [-0.4, -0.2) is 11.9 Å². The Morgan fingerprint density at radius 2 is 2.00 bits per heavy atom. The van der Waals surface area contributed by atoms with Crippen molar-refractivity contribution in [1.82, 2.24) is 0 Å². The highest BCUT2D eigenvalue weighted by Crippen LogP contribution is 2.34. The van der Waals surface area contributed by atoms with Crippen molar-refractivity contribution >= 4 is 37.9 Å². The standard InChI is InChI=1S/C13H9BrO4/c14-4-6-17-13-11-9(3-5-16-11)7-8-1-2-10(15)18-12(8)13/h1-3,5,7H,4,6H2. The topological polar surface area (TPSA) is 52.6 Å². The second kappa shape index (κ2) is 4.49. The minimum Gasteiger partial charge on any atom is -0.485 e. The third-order valence-corrected chi connectivity index (χ3v) is 2.93. The van der Waals surface area contributed by atoms with E-state index in [1.54, 1.807) is 12.3 Å². The Kier molecular flexibility index (Phi) is 2.83. The Morgan fingerprint density at radius 1 is 1.17 bits per heavy atom. The predicted molar refractivity (Wildman–Crippen MR) is 71.5 cm³/mol. The molecule has 2 aromatic heterocycles. The molecule has 18 heavy (non-hydrogen) atoms. The molecule has 0 aliphatic carbocycles. The molecule has 5 heteroatoms. The Bertz CT molecular complexity index is 756. The first-order valence-electron chi connectivity index (χ1n) is 5.42. The van der Waals surface area contributed by atoms with Crippen LogP contribution >= 0.6 is 15.9 Å². The van der Waals surface area contributed by atoms with Crippen molar-refractivity contribution < 1.29 is 13.6 Å². The fourth-order valence-corrected chi connectivity index (χ4v) is 2.04. The van der Waals surface area contributed by atoms with Crippen LogP contribution in [0.3, 0.4) is 0 Å². The molecular weight excluding hydrogens is 300 g/mol. The Hall–Kier alpha value is -1.75. The molecular formula is C13H9BrO4. The van der Waals surface area contributed by atoms with Gasteiger partial charge in [-0.1, -0.05) is 15.9 Å². The van der Waals surface area contributed by atoms with Crippen molar-refractivity contribution in [3.63, 3.8) is 0 Å². The van der Waals surface area contributed by atoms with Crippen LogP contribution in [0, 0.1) is 0 Å². The maximum atomic E-state index is 11.3. The van der Waals surface area contributed by atoms with Crippen molar-refractivity contribution in [3.05, 3.63) is 40.9 Å². The molecule has 0 saturated heterocycles. The number of hydrogen-bond donors (Lipinski definition) is 0. The zero-order valence-electron chi connectivity index (χ0n) is 9.31. The summed E-state index contributed by atoms with van der Waals surface area (Å²) in [4.78, 5) is 11.3. The van der Waals surface area contributed by atoms with Crippen LogP contribution in [0.2, 0.25) is 0 Å². The second-order valence-corrected chi connectivity index (χ2v) is 4.55.